The fourth-order valence-electron chi connectivity index (χ4n) is 3.92. The van der Waals surface area contributed by atoms with Gasteiger partial charge < -0.3 is 4.90 Å². The molecule has 0 saturated carbocycles. The van der Waals surface area contributed by atoms with Crippen molar-refractivity contribution in [3.8, 4) is 11.3 Å². The lowest BCUT2D eigenvalue weighted by molar-refractivity contribution is -0.183. The van der Waals surface area contributed by atoms with E-state index in [1.54, 1.807) is 16.9 Å². The van der Waals surface area contributed by atoms with Crippen molar-refractivity contribution in [1.29, 1.82) is 0 Å². The molecule has 0 bridgehead atoms. The maximum Gasteiger partial charge on any atom is 0.391 e. The van der Waals surface area contributed by atoms with Crippen LogP contribution in [0, 0.1) is 5.92 Å². The fraction of sp³-hybridized carbons (Fsp3) is 0.333. The molecule has 5 heterocycles. The van der Waals surface area contributed by atoms with Crippen LogP contribution in [0.2, 0.25) is 0 Å². The number of aryl methyl sites for hydroxylation is 1. The largest absolute Gasteiger partial charge is 0.391 e. The number of fused-ring (bicyclic) bond motifs is 2. The molecule has 0 aromatic carbocycles. The topological polar surface area (TPSA) is 63.9 Å². The summed E-state index contributed by atoms with van der Waals surface area (Å²) < 4.78 is 40.3. The Morgan fingerprint density at radius 2 is 1.94 bits per heavy atom. The molecule has 0 aliphatic carbocycles. The van der Waals surface area contributed by atoms with Gasteiger partial charge in [-0.25, -0.2) is 9.97 Å². The van der Waals surface area contributed by atoms with Crippen molar-refractivity contribution >= 4 is 38.5 Å². The number of carbonyl (C=O) groups is 1. The number of pyridine rings is 2. The number of nitrogens with zero attached hydrogens (tertiary/aromatic N) is 5. The van der Waals surface area contributed by atoms with Crippen LogP contribution in [0.1, 0.15) is 22.5 Å². The number of hydrogen-bond donors (Lipinski definition) is 0. The highest BCUT2D eigenvalue weighted by Crippen LogP contribution is 2.35. The maximum atomic E-state index is 12.9. The van der Waals surface area contributed by atoms with E-state index >= 15 is 0 Å². The number of alkyl halides is 3. The summed E-state index contributed by atoms with van der Waals surface area (Å²) in [5, 5.41) is 6.01. The second-order valence-corrected chi connectivity index (χ2v) is 8.78. The van der Waals surface area contributed by atoms with E-state index < -0.39 is 12.1 Å². The molecule has 0 spiro atoms. The molecule has 160 valence electrons. The standard InChI is InChI=1S/C21H18F3N5OS/c1-28-11-14-8-13(10-25-18(14)27-28)16-3-2-12-9-17(31-19(12)26-16)20(30)29-6-4-15(5-7-29)21(22,23)24/h2-3,8-11,15H,4-7H2,1H3. The first-order valence-electron chi connectivity index (χ1n) is 9.84. The summed E-state index contributed by atoms with van der Waals surface area (Å²) in [6.07, 6.45) is -0.693. The van der Waals surface area contributed by atoms with Crippen LogP contribution >= 0.6 is 11.3 Å². The third-order valence-corrected chi connectivity index (χ3v) is 6.64. The van der Waals surface area contributed by atoms with E-state index in [1.165, 1.54) is 16.2 Å². The monoisotopic (exact) mass is 445 g/mol. The summed E-state index contributed by atoms with van der Waals surface area (Å²) in [6, 6.07) is 7.50. The van der Waals surface area contributed by atoms with Gasteiger partial charge in [0.15, 0.2) is 5.65 Å². The minimum absolute atomic E-state index is 0.0493. The highest BCUT2D eigenvalue weighted by Gasteiger charge is 2.41. The number of aromatic nitrogens is 4. The molecule has 5 rings (SSSR count). The summed E-state index contributed by atoms with van der Waals surface area (Å²) in [5.41, 5.74) is 2.24. The van der Waals surface area contributed by atoms with Gasteiger partial charge >= 0.3 is 6.18 Å². The molecular weight excluding hydrogens is 427 g/mol. The SMILES string of the molecule is Cn1cc2cc(-c3ccc4cc(C(=O)N5CCC(C(F)(F)F)CC5)sc4n3)cnc2n1. The quantitative estimate of drug-likeness (QED) is 0.450. The first-order chi connectivity index (χ1) is 14.8. The van der Waals surface area contributed by atoms with E-state index in [9.17, 15) is 18.0 Å². The van der Waals surface area contributed by atoms with Gasteiger partial charge in [0.25, 0.3) is 5.91 Å². The van der Waals surface area contributed by atoms with Crippen molar-refractivity contribution in [1.82, 2.24) is 24.6 Å². The van der Waals surface area contributed by atoms with Crippen LogP contribution in [0.3, 0.4) is 0 Å². The van der Waals surface area contributed by atoms with E-state index in [0.717, 1.165) is 22.0 Å². The van der Waals surface area contributed by atoms with Crippen LogP contribution in [-0.4, -0.2) is 49.8 Å². The first kappa shape index (κ1) is 19.9. The molecule has 1 saturated heterocycles. The van der Waals surface area contributed by atoms with E-state index in [-0.39, 0.29) is 31.8 Å². The Labute approximate surface area is 179 Å². The van der Waals surface area contributed by atoms with E-state index in [0.29, 0.717) is 15.4 Å². The summed E-state index contributed by atoms with van der Waals surface area (Å²) in [7, 11) is 1.83. The van der Waals surface area contributed by atoms with Crippen LogP contribution in [0.5, 0.6) is 0 Å². The Kier molecular flexibility index (Phi) is 4.69. The van der Waals surface area contributed by atoms with Crippen molar-refractivity contribution in [2.24, 2.45) is 13.0 Å². The molecule has 0 unspecified atom stereocenters. The van der Waals surface area contributed by atoms with Crippen LogP contribution in [-0.2, 0) is 7.05 Å². The highest BCUT2D eigenvalue weighted by molar-refractivity contribution is 7.20. The smallest absolute Gasteiger partial charge is 0.338 e. The van der Waals surface area contributed by atoms with Gasteiger partial charge in [0.05, 0.1) is 16.5 Å². The van der Waals surface area contributed by atoms with Gasteiger partial charge in [-0.2, -0.15) is 18.3 Å². The third-order valence-electron chi connectivity index (χ3n) is 5.61. The van der Waals surface area contributed by atoms with Gasteiger partial charge in [0, 0.05) is 48.9 Å². The number of carbonyl (C=O) groups excluding carboxylic acids is 1. The lowest BCUT2D eigenvalue weighted by Crippen LogP contribution is -2.41. The van der Waals surface area contributed by atoms with Crippen LogP contribution in [0.15, 0.2) is 36.7 Å². The molecule has 1 amide bonds. The molecule has 1 aliphatic heterocycles. The van der Waals surface area contributed by atoms with Gasteiger partial charge in [-0.05, 0) is 37.1 Å². The molecule has 1 fully saturated rings. The van der Waals surface area contributed by atoms with Gasteiger partial charge in [0.1, 0.15) is 4.83 Å². The summed E-state index contributed by atoms with van der Waals surface area (Å²) in [4.78, 5) is 24.6. The molecule has 6 nitrogen and oxygen atoms in total. The molecule has 31 heavy (non-hydrogen) atoms. The van der Waals surface area contributed by atoms with Gasteiger partial charge in [-0.3, -0.25) is 9.48 Å². The van der Waals surface area contributed by atoms with Gasteiger partial charge in [-0.15, -0.1) is 11.3 Å². The fourth-order valence-corrected chi connectivity index (χ4v) is 4.92. The minimum atomic E-state index is -4.19. The van der Waals surface area contributed by atoms with Gasteiger partial charge in [-0.1, -0.05) is 0 Å². The Hall–Kier alpha value is -3.01. The number of amides is 1. The Morgan fingerprint density at radius 1 is 1.16 bits per heavy atom. The Morgan fingerprint density at radius 3 is 2.68 bits per heavy atom. The number of rotatable bonds is 2. The summed E-state index contributed by atoms with van der Waals surface area (Å²) >= 11 is 1.26. The minimum Gasteiger partial charge on any atom is -0.338 e. The van der Waals surface area contributed by atoms with Crippen molar-refractivity contribution in [2.75, 3.05) is 13.1 Å². The van der Waals surface area contributed by atoms with E-state index in [1.807, 2.05) is 31.4 Å². The number of hydrogen-bond acceptors (Lipinski definition) is 5. The molecule has 1 aliphatic rings. The van der Waals surface area contributed by atoms with Crippen LogP contribution in [0.4, 0.5) is 13.2 Å². The Balaban J connectivity index is 1.38. The first-order valence-corrected chi connectivity index (χ1v) is 10.7. The lowest BCUT2D eigenvalue weighted by atomic mass is 9.96. The van der Waals surface area contributed by atoms with Crippen molar-refractivity contribution < 1.29 is 18.0 Å². The average Bonchev–Trinajstić information content (AvgIpc) is 3.33. The third kappa shape index (κ3) is 3.76. The number of halogens is 3. The van der Waals surface area contributed by atoms with Gasteiger partial charge in [0.2, 0.25) is 0 Å². The maximum absolute atomic E-state index is 12.9. The zero-order valence-electron chi connectivity index (χ0n) is 16.6. The summed E-state index contributed by atoms with van der Waals surface area (Å²) in [5.74, 6) is -1.56. The molecular formula is C21H18F3N5OS. The zero-order chi connectivity index (χ0) is 21.8. The number of piperidine rings is 1. The predicted molar refractivity (Wildman–Crippen MR) is 112 cm³/mol. The van der Waals surface area contributed by atoms with E-state index in [4.69, 9.17) is 0 Å². The molecule has 0 atom stereocenters. The van der Waals surface area contributed by atoms with E-state index in [2.05, 4.69) is 15.1 Å². The second-order valence-electron chi connectivity index (χ2n) is 7.75. The van der Waals surface area contributed by atoms with Crippen LogP contribution in [0.25, 0.3) is 32.5 Å². The molecule has 4 aromatic heterocycles. The Bertz CT molecular complexity index is 1290. The lowest BCUT2D eigenvalue weighted by Gasteiger charge is -2.32. The molecule has 10 heteroatoms. The molecule has 0 N–H and O–H groups in total. The average molecular weight is 445 g/mol. The van der Waals surface area contributed by atoms with Crippen molar-refractivity contribution in [3.05, 3.63) is 41.5 Å². The summed E-state index contributed by atoms with van der Waals surface area (Å²) in [6.45, 7) is 0.236. The normalized spacial score (nSPS) is 15.8. The zero-order valence-corrected chi connectivity index (χ0v) is 17.4. The van der Waals surface area contributed by atoms with Crippen molar-refractivity contribution in [2.45, 2.75) is 19.0 Å². The molecule has 0 radical (unpaired) electrons. The number of thiophene rings is 1. The number of likely N-dealkylation sites (tertiary alicyclic amines) is 1. The highest BCUT2D eigenvalue weighted by atomic mass is 32.1. The second kappa shape index (κ2) is 7.30. The predicted octanol–water partition coefficient (Wildman–Crippen LogP) is 4.66. The van der Waals surface area contributed by atoms with Crippen molar-refractivity contribution in [3.63, 3.8) is 0 Å². The molecule has 4 aromatic rings. The van der Waals surface area contributed by atoms with Crippen LogP contribution < -0.4 is 0 Å².